The number of hydrogen-bond acceptors (Lipinski definition) is 4. The normalized spacial score (nSPS) is 13.0. The number of rotatable bonds is 6. The van der Waals surface area contributed by atoms with E-state index in [2.05, 4.69) is 9.64 Å². The number of carbonyl (C=O) groups is 1. The summed E-state index contributed by atoms with van der Waals surface area (Å²) in [7, 11) is 3.40. The van der Waals surface area contributed by atoms with Crippen molar-refractivity contribution in [2.75, 3.05) is 27.2 Å². The summed E-state index contributed by atoms with van der Waals surface area (Å²) in [6.07, 6.45) is 1.40. The van der Waals surface area contributed by atoms with Crippen LogP contribution in [-0.2, 0) is 9.53 Å². The summed E-state index contributed by atoms with van der Waals surface area (Å²) in [4.78, 5) is 13.0. The Bertz CT molecular complexity index is 151. The molecule has 0 radical (unpaired) electrons. The van der Waals surface area contributed by atoms with Crippen LogP contribution in [0.2, 0.25) is 0 Å². The molecule has 2 N–H and O–H groups in total. The number of nitrogens with zero attached hydrogens (tertiary/aromatic N) is 1. The molecule has 0 rings (SSSR count). The maximum absolute atomic E-state index is 10.9. The van der Waals surface area contributed by atoms with Gasteiger partial charge in [0.1, 0.15) is 0 Å². The van der Waals surface area contributed by atoms with Gasteiger partial charge >= 0.3 is 5.97 Å². The van der Waals surface area contributed by atoms with Crippen LogP contribution in [0.4, 0.5) is 0 Å². The van der Waals surface area contributed by atoms with E-state index < -0.39 is 0 Å². The average molecular weight is 188 g/mol. The Hall–Kier alpha value is -0.610. The maximum Gasteiger partial charge on any atom is 0.307 e. The van der Waals surface area contributed by atoms with Gasteiger partial charge in [0, 0.05) is 6.04 Å². The van der Waals surface area contributed by atoms with Crippen LogP contribution in [0.25, 0.3) is 0 Å². The fourth-order valence-corrected chi connectivity index (χ4v) is 1.04. The minimum absolute atomic E-state index is 0.160. The number of carbonyl (C=O) groups excluding carboxylic acids is 1. The molecule has 0 aromatic rings. The van der Waals surface area contributed by atoms with Gasteiger partial charge in [0.25, 0.3) is 0 Å². The zero-order chi connectivity index (χ0) is 10.3. The number of nitrogens with two attached hydrogens (primary N) is 1. The highest BCUT2D eigenvalue weighted by Gasteiger charge is 2.12. The molecule has 78 valence electrons. The first kappa shape index (κ1) is 12.4. The largest absolute Gasteiger partial charge is 0.469 e. The molecule has 1 atom stereocenters. The highest BCUT2D eigenvalue weighted by atomic mass is 16.5. The van der Waals surface area contributed by atoms with Crippen LogP contribution in [0.3, 0.4) is 0 Å². The summed E-state index contributed by atoms with van der Waals surface area (Å²) in [6, 6.07) is 0.221. The van der Waals surface area contributed by atoms with Crippen molar-refractivity contribution in [1.82, 2.24) is 4.90 Å². The molecule has 0 aromatic heterocycles. The van der Waals surface area contributed by atoms with Crippen LogP contribution in [-0.4, -0.2) is 44.2 Å². The molecule has 0 bridgehead atoms. The highest BCUT2D eigenvalue weighted by molar-refractivity contribution is 5.69. The summed E-state index contributed by atoms with van der Waals surface area (Å²) in [5.74, 6) is -0.160. The molecular weight excluding hydrogens is 168 g/mol. The van der Waals surface area contributed by atoms with Gasteiger partial charge in [0.2, 0.25) is 0 Å². The topological polar surface area (TPSA) is 55.6 Å². The van der Waals surface area contributed by atoms with Crippen molar-refractivity contribution in [2.24, 2.45) is 5.73 Å². The van der Waals surface area contributed by atoms with Crippen molar-refractivity contribution >= 4 is 5.97 Å². The monoisotopic (exact) mass is 188 g/mol. The first-order valence-electron chi connectivity index (χ1n) is 4.59. The van der Waals surface area contributed by atoms with E-state index >= 15 is 0 Å². The van der Waals surface area contributed by atoms with Gasteiger partial charge in [0.05, 0.1) is 13.5 Å². The Morgan fingerprint density at radius 1 is 1.62 bits per heavy atom. The smallest absolute Gasteiger partial charge is 0.307 e. The van der Waals surface area contributed by atoms with Crippen molar-refractivity contribution in [1.29, 1.82) is 0 Å². The lowest BCUT2D eigenvalue weighted by Gasteiger charge is -2.23. The predicted molar refractivity (Wildman–Crippen MR) is 52.4 cm³/mol. The van der Waals surface area contributed by atoms with E-state index in [0.717, 1.165) is 13.0 Å². The Morgan fingerprint density at radius 3 is 2.69 bits per heavy atom. The first-order valence-corrected chi connectivity index (χ1v) is 4.59. The summed E-state index contributed by atoms with van der Waals surface area (Å²) in [6.45, 7) is 3.62. The highest BCUT2D eigenvalue weighted by Crippen LogP contribution is 2.02. The van der Waals surface area contributed by atoms with E-state index in [1.807, 2.05) is 14.0 Å². The van der Waals surface area contributed by atoms with Gasteiger partial charge in [-0.25, -0.2) is 0 Å². The van der Waals surface area contributed by atoms with Crippen molar-refractivity contribution in [3.8, 4) is 0 Å². The molecule has 0 heterocycles. The fraction of sp³-hybridized carbons (Fsp3) is 0.889. The SMILES string of the molecule is COC(=O)CC(C)N(C)CCCN. The lowest BCUT2D eigenvalue weighted by atomic mass is 10.2. The molecule has 0 amide bonds. The molecule has 0 aliphatic carbocycles. The Balaban J connectivity index is 3.68. The van der Waals surface area contributed by atoms with E-state index in [9.17, 15) is 4.79 Å². The summed E-state index contributed by atoms with van der Waals surface area (Å²) < 4.78 is 4.59. The molecule has 0 aliphatic heterocycles. The van der Waals surface area contributed by atoms with E-state index in [4.69, 9.17) is 5.73 Å². The van der Waals surface area contributed by atoms with Crippen LogP contribution in [0.1, 0.15) is 19.8 Å². The van der Waals surface area contributed by atoms with Crippen molar-refractivity contribution in [3.05, 3.63) is 0 Å². The third-order valence-corrected chi connectivity index (χ3v) is 2.16. The molecule has 4 heteroatoms. The van der Waals surface area contributed by atoms with Gasteiger partial charge in [-0.15, -0.1) is 0 Å². The standard InChI is InChI=1S/C9H20N2O2/c1-8(7-9(12)13-3)11(2)6-4-5-10/h8H,4-7,10H2,1-3H3. The zero-order valence-corrected chi connectivity index (χ0v) is 8.75. The first-order chi connectivity index (χ1) is 6.11. The molecular formula is C9H20N2O2. The summed E-state index contributed by atoms with van der Waals surface area (Å²) >= 11 is 0. The van der Waals surface area contributed by atoms with E-state index in [1.165, 1.54) is 7.11 Å². The maximum atomic E-state index is 10.9. The number of hydrogen-bond donors (Lipinski definition) is 1. The van der Waals surface area contributed by atoms with E-state index in [1.54, 1.807) is 0 Å². The Kier molecular flexibility index (Phi) is 6.54. The van der Waals surface area contributed by atoms with Crippen molar-refractivity contribution in [3.63, 3.8) is 0 Å². The van der Waals surface area contributed by atoms with Crippen molar-refractivity contribution < 1.29 is 9.53 Å². The molecule has 0 saturated heterocycles. The van der Waals surface area contributed by atoms with Gasteiger partial charge in [-0.05, 0) is 33.5 Å². The van der Waals surface area contributed by atoms with Gasteiger partial charge in [-0.1, -0.05) is 0 Å². The summed E-state index contributed by atoms with van der Waals surface area (Å²) in [5, 5.41) is 0. The molecule has 0 spiro atoms. The van der Waals surface area contributed by atoms with Crippen LogP contribution in [0.15, 0.2) is 0 Å². The summed E-state index contributed by atoms with van der Waals surface area (Å²) in [5.41, 5.74) is 5.39. The molecule has 0 aliphatic rings. The fourth-order valence-electron chi connectivity index (χ4n) is 1.04. The second-order valence-electron chi connectivity index (χ2n) is 3.25. The van der Waals surface area contributed by atoms with Gasteiger partial charge in [0.15, 0.2) is 0 Å². The molecule has 0 saturated carbocycles. The molecule has 1 unspecified atom stereocenters. The van der Waals surface area contributed by atoms with E-state index in [0.29, 0.717) is 13.0 Å². The third kappa shape index (κ3) is 5.60. The number of esters is 1. The third-order valence-electron chi connectivity index (χ3n) is 2.16. The minimum Gasteiger partial charge on any atom is -0.469 e. The predicted octanol–water partition coefficient (Wildman–Crippen LogP) is 0.219. The molecule has 0 aromatic carbocycles. The molecule has 4 nitrogen and oxygen atoms in total. The van der Waals surface area contributed by atoms with Gasteiger partial charge < -0.3 is 15.4 Å². The number of ether oxygens (including phenoxy) is 1. The Morgan fingerprint density at radius 2 is 2.23 bits per heavy atom. The average Bonchev–Trinajstić information content (AvgIpc) is 2.13. The van der Waals surface area contributed by atoms with Crippen LogP contribution in [0.5, 0.6) is 0 Å². The second-order valence-corrected chi connectivity index (χ2v) is 3.25. The lowest BCUT2D eigenvalue weighted by molar-refractivity contribution is -0.141. The lowest BCUT2D eigenvalue weighted by Crippen LogP contribution is -2.33. The molecule has 0 fully saturated rings. The quantitative estimate of drug-likeness (QED) is 0.606. The van der Waals surface area contributed by atoms with Gasteiger partial charge in [-0.3, -0.25) is 4.79 Å². The minimum atomic E-state index is -0.160. The van der Waals surface area contributed by atoms with Gasteiger partial charge in [-0.2, -0.15) is 0 Å². The second kappa shape index (κ2) is 6.86. The number of methoxy groups -OCH3 is 1. The van der Waals surface area contributed by atoms with E-state index in [-0.39, 0.29) is 12.0 Å². The Labute approximate surface area is 80.0 Å². The van der Waals surface area contributed by atoms with Crippen LogP contribution >= 0.6 is 0 Å². The molecule has 13 heavy (non-hydrogen) atoms. The van der Waals surface area contributed by atoms with Crippen LogP contribution < -0.4 is 5.73 Å². The van der Waals surface area contributed by atoms with Crippen LogP contribution in [0, 0.1) is 0 Å². The zero-order valence-electron chi connectivity index (χ0n) is 8.75. The van der Waals surface area contributed by atoms with Crippen molar-refractivity contribution in [2.45, 2.75) is 25.8 Å².